The zero-order valence-electron chi connectivity index (χ0n) is 11.6. The highest BCUT2D eigenvalue weighted by atomic mass is 15.1. The van der Waals surface area contributed by atoms with Crippen LogP contribution in [0.3, 0.4) is 0 Å². The lowest BCUT2D eigenvalue weighted by Gasteiger charge is -2.29. The van der Waals surface area contributed by atoms with E-state index in [-0.39, 0.29) is 0 Å². The predicted octanol–water partition coefficient (Wildman–Crippen LogP) is 1.31. The topological polar surface area (TPSA) is 27.3 Å². The maximum atomic E-state index is 3.68. The Morgan fingerprint density at radius 2 is 2.12 bits per heavy atom. The Hall–Kier alpha value is -0.120. The van der Waals surface area contributed by atoms with Crippen molar-refractivity contribution in [1.29, 1.82) is 0 Å². The van der Waals surface area contributed by atoms with E-state index in [0.29, 0.717) is 5.41 Å². The van der Waals surface area contributed by atoms with Crippen LogP contribution in [0.1, 0.15) is 32.1 Å². The summed E-state index contributed by atoms with van der Waals surface area (Å²) in [5.74, 6) is 0.931. The van der Waals surface area contributed by atoms with Gasteiger partial charge in [-0.3, -0.25) is 0 Å². The van der Waals surface area contributed by atoms with Crippen LogP contribution in [-0.2, 0) is 0 Å². The van der Waals surface area contributed by atoms with Gasteiger partial charge in [-0.1, -0.05) is 0 Å². The molecular formula is C14H29N3. The van der Waals surface area contributed by atoms with Crippen molar-refractivity contribution in [2.24, 2.45) is 11.3 Å². The fourth-order valence-electron chi connectivity index (χ4n) is 3.14. The molecule has 0 aromatic carbocycles. The van der Waals surface area contributed by atoms with E-state index in [9.17, 15) is 0 Å². The Morgan fingerprint density at radius 3 is 2.76 bits per heavy atom. The average molecular weight is 239 g/mol. The van der Waals surface area contributed by atoms with Gasteiger partial charge in [0, 0.05) is 19.6 Å². The molecule has 0 radical (unpaired) electrons. The van der Waals surface area contributed by atoms with Gasteiger partial charge in [0.2, 0.25) is 0 Å². The molecule has 2 N–H and O–H groups in total. The minimum absolute atomic E-state index is 0.609. The average Bonchev–Trinajstić information content (AvgIpc) is 3.06. The van der Waals surface area contributed by atoms with Gasteiger partial charge in [0.1, 0.15) is 0 Å². The second-order valence-corrected chi connectivity index (χ2v) is 6.27. The summed E-state index contributed by atoms with van der Waals surface area (Å²) in [7, 11) is 4.32. The van der Waals surface area contributed by atoms with Gasteiger partial charge in [-0.05, 0) is 70.6 Å². The molecule has 17 heavy (non-hydrogen) atoms. The van der Waals surface area contributed by atoms with Gasteiger partial charge in [0.15, 0.2) is 0 Å². The minimum atomic E-state index is 0.609. The van der Waals surface area contributed by atoms with Gasteiger partial charge in [0.25, 0.3) is 0 Å². The second-order valence-electron chi connectivity index (χ2n) is 6.27. The van der Waals surface area contributed by atoms with Crippen molar-refractivity contribution in [3.63, 3.8) is 0 Å². The normalized spacial score (nSPS) is 28.2. The Kier molecular flexibility index (Phi) is 4.83. The number of hydrogen-bond acceptors (Lipinski definition) is 3. The van der Waals surface area contributed by atoms with Crippen LogP contribution in [0.25, 0.3) is 0 Å². The Balaban J connectivity index is 1.54. The molecule has 1 unspecified atom stereocenters. The van der Waals surface area contributed by atoms with E-state index in [1.54, 1.807) is 0 Å². The summed E-state index contributed by atoms with van der Waals surface area (Å²) in [6.45, 7) is 6.23. The van der Waals surface area contributed by atoms with E-state index >= 15 is 0 Å². The number of rotatable bonds is 7. The van der Waals surface area contributed by atoms with E-state index in [2.05, 4.69) is 29.6 Å². The molecule has 0 bridgehead atoms. The first-order valence-corrected chi connectivity index (χ1v) is 7.28. The van der Waals surface area contributed by atoms with Crippen molar-refractivity contribution >= 4 is 0 Å². The molecule has 3 nitrogen and oxygen atoms in total. The molecular weight excluding hydrogens is 210 g/mol. The van der Waals surface area contributed by atoms with Crippen LogP contribution < -0.4 is 10.6 Å². The van der Waals surface area contributed by atoms with Crippen molar-refractivity contribution in [1.82, 2.24) is 15.5 Å². The summed E-state index contributed by atoms with van der Waals surface area (Å²) < 4.78 is 0. The molecule has 2 fully saturated rings. The minimum Gasteiger partial charge on any atom is -0.319 e. The fraction of sp³-hybridized carbons (Fsp3) is 1.00. The standard InChI is InChI=1S/C14H29N3/c1-15-11-14(6-7-14)12-16-8-5-13-4-3-9-17(2)10-13/h13,15-16H,3-12H2,1-2H3. The van der Waals surface area contributed by atoms with Gasteiger partial charge in [-0.2, -0.15) is 0 Å². The third-order valence-corrected chi connectivity index (χ3v) is 4.46. The van der Waals surface area contributed by atoms with Crippen LogP contribution in [0.5, 0.6) is 0 Å². The van der Waals surface area contributed by atoms with Gasteiger partial charge in [-0.15, -0.1) is 0 Å². The lowest BCUT2D eigenvalue weighted by molar-refractivity contribution is 0.201. The lowest BCUT2D eigenvalue weighted by atomic mass is 9.95. The Bertz CT molecular complexity index is 226. The third kappa shape index (κ3) is 4.23. The van der Waals surface area contributed by atoms with Crippen LogP contribution in [0, 0.1) is 11.3 Å². The van der Waals surface area contributed by atoms with Crippen LogP contribution >= 0.6 is 0 Å². The van der Waals surface area contributed by atoms with E-state index in [0.717, 1.165) is 5.92 Å². The summed E-state index contributed by atoms with van der Waals surface area (Å²) in [6.07, 6.45) is 7.01. The summed E-state index contributed by atoms with van der Waals surface area (Å²) in [6, 6.07) is 0. The smallest absolute Gasteiger partial charge is 0.00200 e. The van der Waals surface area contributed by atoms with E-state index < -0.39 is 0 Å². The highest BCUT2D eigenvalue weighted by molar-refractivity contribution is 4.96. The molecule has 0 aromatic rings. The summed E-state index contributed by atoms with van der Waals surface area (Å²) in [5.41, 5.74) is 0.609. The van der Waals surface area contributed by atoms with Crippen molar-refractivity contribution in [2.75, 3.05) is 46.8 Å². The molecule has 1 aliphatic carbocycles. The molecule has 3 heteroatoms. The molecule has 1 atom stereocenters. The maximum Gasteiger partial charge on any atom is 0.00200 e. The summed E-state index contributed by atoms with van der Waals surface area (Å²) >= 11 is 0. The Labute approximate surface area is 106 Å². The molecule has 100 valence electrons. The molecule has 1 aliphatic heterocycles. The van der Waals surface area contributed by atoms with E-state index in [4.69, 9.17) is 0 Å². The van der Waals surface area contributed by atoms with Crippen LogP contribution in [0.15, 0.2) is 0 Å². The molecule has 2 aliphatic rings. The van der Waals surface area contributed by atoms with Crippen LogP contribution in [-0.4, -0.2) is 51.7 Å². The number of nitrogens with zero attached hydrogens (tertiary/aromatic N) is 1. The highest BCUT2D eigenvalue weighted by Crippen LogP contribution is 2.44. The lowest BCUT2D eigenvalue weighted by Crippen LogP contribution is -2.35. The number of hydrogen-bond donors (Lipinski definition) is 2. The van der Waals surface area contributed by atoms with Crippen molar-refractivity contribution in [3.05, 3.63) is 0 Å². The third-order valence-electron chi connectivity index (χ3n) is 4.46. The largest absolute Gasteiger partial charge is 0.319 e. The fourth-order valence-corrected chi connectivity index (χ4v) is 3.14. The molecule has 0 amide bonds. The summed E-state index contributed by atoms with van der Waals surface area (Å²) in [5, 5.41) is 7.00. The van der Waals surface area contributed by atoms with Crippen LogP contribution in [0.4, 0.5) is 0 Å². The second kappa shape index (κ2) is 6.17. The maximum absolute atomic E-state index is 3.68. The number of likely N-dealkylation sites (tertiary alicyclic amines) is 1. The molecule has 1 heterocycles. The zero-order valence-corrected chi connectivity index (χ0v) is 11.6. The van der Waals surface area contributed by atoms with Crippen molar-refractivity contribution in [3.8, 4) is 0 Å². The van der Waals surface area contributed by atoms with Crippen molar-refractivity contribution in [2.45, 2.75) is 32.1 Å². The number of piperidine rings is 1. The quantitative estimate of drug-likeness (QED) is 0.656. The van der Waals surface area contributed by atoms with Gasteiger partial charge in [-0.25, -0.2) is 0 Å². The van der Waals surface area contributed by atoms with Gasteiger partial charge < -0.3 is 15.5 Å². The first-order chi connectivity index (χ1) is 8.24. The summed E-state index contributed by atoms with van der Waals surface area (Å²) in [4.78, 5) is 2.48. The number of nitrogens with one attached hydrogen (secondary N) is 2. The van der Waals surface area contributed by atoms with E-state index in [1.165, 1.54) is 64.8 Å². The SMILES string of the molecule is CNCC1(CNCCC2CCCN(C)C2)CC1. The monoisotopic (exact) mass is 239 g/mol. The molecule has 0 spiro atoms. The van der Waals surface area contributed by atoms with Gasteiger partial charge in [0.05, 0.1) is 0 Å². The van der Waals surface area contributed by atoms with Crippen LogP contribution in [0.2, 0.25) is 0 Å². The zero-order chi connectivity index (χ0) is 12.1. The first kappa shape index (κ1) is 13.3. The first-order valence-electron chi connectivity index (χ1n) is 7.28. The molecule has 2 rings (SSSR count). The molecule has 1 saturated carbocycles. The van der Waals surface area contributed by atoms with Gasteiger partial charge >= 0.3 is 0 Å². The Morgan fingerprint density at radius 1 is 1.29 bits per heavy atom. The highest BCUT2D eigenvalue weighted by Gasteiger charge is 2.41. The van der Waals surface area contributed by atoms with Crippen molar-refractivity contribution < 1.29 is 0 Å². The predicted molar refractivity (Wildman–Crippen MR) is 73.3 cm³/mol. The molecule has 1 saturated heterocycles. The van der Waals surface area contributed by atoms with E-state index in [1.807, 2.05) is 0 Å². The molecule has 0 aromatic heterocycles.